The number of rotatable bonds is 8. The largest absolute Gasteiger partial charge is 0.453 e. The van der Waals surface area contributed by atoms with Crippen LogP contribution in [-0.4, -0.2) is 30.3 Å². The van der Waals surface area contributed by atoms with E-state index >= 15 is 0 Å². The van der Waals surface area contributed by atoms with Gasteiger partial charge in [-0.05, 0) is 44.7 Å². The maximum Gasteiger partial charge on any atom is 0.307 e. The van der Waals surface area contributed by atoms with Crippen LogP contribution in [0.4, 0.5) is 0 Å². The van der Waals surface area contributed by atoms with E-state index in [9.17, 15) is 14.4 Å². The number of thiophene rings is 1. The van der Waals surface area contributed by atoms with Gasteiger partial charge in [0.1, 0.15) is 0 Å². The number of carbonyl (C=O) groups excluding carboxylic acids is 3. The summed E-state index contributed by atoms with van der Waals surface area (Å²) in [5.41, 5.74) is 0. The van der Waals surface area contributed by atoms with Crippen molar-refractivity contribution in [3.8, 4) is 0 Å². The molecule has 0 unspecified atom stereocenters. The Morgan fingerprint density at radius 3 is 2.56 bits per heavy atom. The number of ketones is 1. The van der Waals surface area contributed by atoms with Crippen molar-refractivity contribution in [1.82, 2.24) is 5.32 Å². The van der Waals surface area contributed by atoms with Crippen molar-refractivity contribution in [2.75, 3.05) is 6.54 Å². The lowest BCUT2D eigenvalue weighted by atomic mass is 9.89. The van der Waals surface area contributed by atoms with Crippen molar-refractivity contribution in [3.63, 3.8) is 0 Å². The topological polar surface area (TPSA) is 72.5 Å². The second-order valence-electron chi connectivity index (χ2n) is 6.71. The molecule has 0 aliphatic heterocycles. The molecule has 1 amide bonds. The number of esters is 1. The molecule has 0 aromatic carbocycles. The third-order valence-electron chi connectivity index (χ3n) is 4.54. The van der Waals surface area contributed by atoms with E-state index in [1.165, 1.54) is 30.6 Å². The number of Topliss-reactive ketones (excluding diaryl/α,β-unsaturated/α-hetero) is 1. The summed E-state index contributed by atoms with van der Waals surface area (Å²) in [4.78, 5) is 37.6. The average molecular weight is 365 g/mol. The molecule has 0 spiro atoms. The van der Waals surface area contributed by atoms with Crippen molar-refractivity contribution < 1.29 is 19.1 Å². The van der Waals surface area contributed by atoms with Gasteiger partial charge in [-0.25, -0.2) is 0 Å². The summed E-state index contributed by atoms with van der Waals surface area (Å²) in [5, 5.41) is 2.87. The van der Waals surface area contributed by atoms with Gasteiger partial charge in [-0.2, -0.15) is 0 Å². The summed E-state index contributed by atoms with van der Waals surface area (Å²) >= 11 is 1.42. The molecule has 2 rings (SSSR count). The minimum Gasteiger partial charge on any atom is -0.453 e. The maximum atomic E-state index is 12.0. The molecule has 1 aliphatic rings. The molecule has 0 saturated heterocycles. The number of hydrogen-bond acceptors (Lipinski definition) is 5. The zero-order valence-electron chi connectivity index (χ0n) is 15.0. The van der Waals surface area contributed by atoms with E-state index in [-0.39, 0.29) is 24.5 Å². The molecule has 0 radical (unpaired) electrons. The number of aryl methyl sites for hydroxylation is 1. The Morgan fingerprint density at radius 1 is 1.20 bits per heavy atom. The summed E-state index contributed by atoms with van der Waals surface area (Å²) in [5.74, 6) is -0.307. The van der Waals surface area contributed by atoms with Gasteiger partial charge in [0.15, 0.2) is 11.9 Å². The van der Waals surface area contributed by atoms with E-state index in [1.807, 2.05) is 13.0 Å². The van der Waals surface area contributed by atoms with E-state index < -0.39 is 12.1 Å². The molecule has 1 saturated carbocycles. The first-order valence-corrected chi connectivity index (χ1v) is 9.84. The van der Waals surface area contributed by atoms with Crippen LogP contribution in [0.2, 0.25) is 0 Å². The van der Waals surface area contributed by atoms with Gasteiger partial charge in [0.2, 0.25) is 0 Å². The summed E-state index contributed by atoms with van der Waals surface area (Å²) in [7, 11) is 0. The van der Waals surface area contributed by atoms with Gasteiger partial charge in [-0.1, -0.05) is 19.3 Å². The Morgan fingerprint density at radius 2 is 1.92 bits per heavy atom. The van der Waals surface area contributed by atoms with Crippen LogP contribution in [0, 0.1) is 12.8 Å². The summed E-state index contributed by atoms with van der Waals surface area (Å²) < 4.78 is 5.14. The first-order chi connectivity index (χ1) is 12.0. The third-order valence-corrected chi connectivity index (χ3v) is 5.58. The molecule has 1 heterocycles. The number of nitrogens with one attached hydrogen (secondary N) is 1. The minimum atomic E-state index is -0.824. The second-order valence-corrected chi connectivity index (χ2v) is 8.00. The fraction of sp³-hybridized carbons (Fsp3) is 0.632. The molecule has 1 N–H and O–H groups in total. The Kier molecular flexibility index (Phi) is 7.62. The lowest BCUT2D eigenvalue weighted by Gasteiger charge is -2.22. The fourth-order valence-corrected chi connectivity index (χ4v) is 3.85. The number of ether oxygens (including phenoxy) is 1. The Bertz CT molecular complexity index is 604. The maximum absolute atomic E-state index is 12.0. The summed E-state index contributed by atoms with van der Waals surface area (Å²) in [6, 6.07) is 3.66. The lowest BCUT2D eigenvalue weighted by Crippen LogP contribution is -2.38. The van der Waals surface area contributed by atoms with Crippen LogP contribution in [0.5, 0.6) is 0 Å². The molecule has 5 nitrogen and oxygen atoms in total. The van der Waals surface area contributed by atoms with Crippen LogP contribution in [0.1, 0.15) is 66.4 Å². The van der Waals surface area contributed by atoms with E-state index in [1.54, 1.807) is 13.0 Å². The fourth-order valence-electron chi connectivity index (χ4n) is 3.01. The smallest absolute Gasteiger partial charge is 0.307 e. The molecule has 1 aromatic rings. The van der Waals surface area contributed by atoms with Gasteiger partial charge in [-0.3, -0.25) is 14.4 Å². The van der Waals surface area contributed by atoms with Gasteiger partial charge < -0.3 is 10.1 Å². The highest BCUT2D eigenvalue weighted by atomic mass is 32.1. The monoisotopic (exact) mass is 365 g/mol. The Balaban J connectivity index is 1.66. The highest BCUT2D eigenvalue weighted by Crippen LogP contribution is 2.22. The lowest BCUT2D eigenvalue weighted by molar-refractivity contribution is -0.154. The number of amides is 1. The highest BCUT2D eigenvalue weighted by Gasteiger charge is 2.20. The van der Waals surface area contributed by atoms with Crippen molar-refractivity contribution in [1.29, 1.82) is 0 Å². The van der Waals surface area contributed by atoms with Crippen LogP contribution >= 0.6 is 11.3 Å². The van der Waals surface area contributed by atoms with Gasteiger partial charge in [0.05, 0.1) is 11.3 Å². The molecular weight excluding hydrogens is 338 g/mol. The molecule has 0 bridgehead atoms. The van der Waals surface area contributed by atoms with Crippen LogP contribution in [0.15, 0.2) is 12.1 Å². The normalized spacial score (nSPS) is 16.2. The van der Waals surface area contributed by atoms with Crippen molar-refractivity contribution in [2.45, 2.75) is 64.9 Å². The van der Waals surface area contributed by atoms with E-state index in [0.717, 1.165) is 17.7 Å². The molecule has 6 heteroatoms. The van der Waals surface area contributed by atoms with Crippen LogP contribution in [0.25, 0.3) is 0 Å². The van der Waals surface area contributed by atoms with E-state index in [4.69, 9.17) is 4.74 Å². The first kappa shape index (κ1) is 19.6. The van der Waals surface area contributed by atoms with Gasteiger partial charge in [0.25, 0.3) is 5.91 Å². The molecule has 1 aliphatic carbocycles. The standard InChI is InChI=1S/C19H27NO4S/c1-13-8-10-17(25-13)16(21)9-11-18(22)24-14(2)19(23)20-12-15-6-4-3-5-7-15/h8,10,14-15H,3-7,9,11-12H2,1-2H3,(H,20,23)/t14-/m1/s1. The average Bonchev–Trinajstić information content (AvgIpc) is 3.05. The third kappa shape index (κ3) is 6.61. The van der Waals surface area contributed by atoms with Gasteiger partial charge in [-0.15, -0.1) is 11.3 Å². The van der Waals surface area contributed by atoms with Gasteiger partial charge in [0, 0.05) is 17.8 Å². The molecule has 138 valence electrons. The molecule has 1 atom stereocenters. The quantitative estimate of drug-likeness (QED) is 0.564. The predicted octanol–water partition coefficient (Wildman–Crippen LogP) is 3.65. The van der Waals surface area contributed by atoms with Crippen molar-refractivity contribution in [3.05, 3.63) is 21.9 Å². The van der Waals surface area contributed by atoms with Crippen molar-refractivity contribution >= 4 is 29.0 Å². The second kappa shape index (κ2) is 9.70. The SMILES string of the molecule is Cc1ccc(C(=O)CCC(=O)O[C@H](C)C(=O)NCC2CCCCC2)s1. The van der Waals surface area contributed by atoms with Crippen LogP contribution in [-0.2, 0) is 14.3 Å². The number of hydrogen-bond donors (Lipinski definition) is 1. The van der Waals surface area contributed by atoms with Crippen molar-refractivity contribution in [2.24, 2.45) is 5.92 Å². The summed E-state index contributed by atoms with van der Waals surface area (Å²) in [6.07, 6.45) is 5.31. The zero-order valence-corrected chi connectivity index (χ0v) is 15.8. The predicted molar refractivity (Wildman–Crippen MR) is 97.8 cm³/mol. The molecule has 25 heavy (non-hydrogen) atoms. The van der Waals surface area contributed by atoms with Crippen LogP contribution < -0.4 is 5.32 Å². The molecule has 1 aromatic heterocycles. The Hall–Kier alpha value is -1.69. The minimum absolute atomic E-state index is 0.00394. The zero-order chi connectivity index (χ0) is 18.2. The Labute approximate surface area is 153 Å². The molecule has 1 fully saturated rings. The van der Waals surface area contributed by atoms with E-state index in [2.05, 4.69) is 5.32 Å². The van der Waals surface area contributed by atoms with E-state index in [0.29, 0.717) is 17.3 Å². The first-order valence-electron chi connectivity index (χ1n) is 9.02. The number of carbonyl (C=O) groups is 3. The van der Waals surface area contributed by atoms with Gasteiger partial charge >= 0.3 is 5.97 Å². The molecular formula is C19H27NO4S. The van der Waals surface area contributed by atoms with Crippen LogP contribution in [0.3, 0.4) is 0 Å². The highest BCUT2D eigenvalue weighted by molar-refractivity contribution is 7.14. The summed E-state index contributed by atoms with van der Waals surface area (Å²) in [6.45, 7) is 4.15.